The lowest BCUT2D eigenvalue weighted by atomic mass is 9.86. The Balaban J connectivity index is 2.17. The molecule has 24 heavy (non-hydrogen) atoms. The smallest absolute Gasteiger partial charge is 0.307 e. The van der Waals surface area contributed by atoms with Crippen molar-refractivity contribution in [3.05, 3.63) is 63.1 Å². The summed E-state index contributed by atoms with van der Waals surface area (Å²) in [5.74, 6) is 0.0666. The minimum Gasteiger partial charge on any atom is -0.489 e. The van der Waals surface area contributed by atoms with E-state index < -0.39 is 5.97 Å². The third kappa shape index (κ3) is 4.84. The van der Waals surface area contributed by atoms with Crippen molar-refractivity contribution < 1.29 is 14.6 Å². The standard InChI is InChI=1S/C20H23BrO3/c1-13-9-18(16(11-17(13)21)20(2,3)4)24-12-15-7-5-14(6-8-15)10-19(22)23/h5-9,11H,10,12H2,1-4H3,(H,22,23). The summed E-state index contributed by atoms with van der Waals surface area (Å²) in [7, 11) is 0. The summed E-state index contributed by atoms with van der Waals surface area (Å²) >= 11 is 3.59. The third-order valence-electron chi connectivity index (χ3n) is 3.84. The van der Waals surface area contributed by atoms with Crippen molar-refractivity contribution in [1.82, 2.24) is 0 Å². The Morgan fingerprint density at radius 3 is 2.25 bits per heavy atom. The fourth-order valence-electron chi connectivity index (χ4n) is 2.45. The van der Waals surface area contributed by atoms with Gasteiger partial charge in [-0.2, -0.15) is 0 Å². The molecule has 0 fully saturated rings. The lowest BCUT2D eigenvalue weighted by Gasteiger charge is -2.24. The number of aliphatic carboxylic acids is 1. The van der Waals surface area contributed by atoms with Crippen LogP contribution >= 0.6 is 15.9 Å². The highest BCUT2D eigenvalue weighted by molar-refractivity contribution is 9.10. The summed E-state index contributed by atoms with van der Waals surface area (Å²) in [6.07, 6.45) is 0.0429. The largest absolute Gasteiger partial charge is 0.489 e. The molecule has 0 spiro atoms. The van der Waals surface area contributed by atoms with Gasteiger partial charge in [-0.05, 0) is 41.2 Å². The molecule has 0 unspecified atom stereocenters. The maximum atomic E-state index is 10.7. The number of halogens is 1. The maximum Gasteiger partial charge on any atom is 0.307 e. The fourth-order valence-corrected chi connectivity index (χ4v) is 2.79. The van der Waals surface area contributed by atoms with Crippen LogP contribution in [0.15, 0.2) is 40.9 Å². The number of carboxylic acid groups (broad SMARTS) is 1. The van der Waals surface area contributed by atoms with Crippen molar-refractivity contribution in [2.75, 3.05) is 0 Å². The molecule has 0 atom stereocenters. The predicted octanol–water partition coefficient (Wildman–Crippen LogP) is 5.26. The minimum atomic E-state index is -0.820. The van der Waals surface area contributed by atoms with Gasteiger partial charge in [-0.25, -0.2) is 0 Å². The molecule has 0 aliphatic heterocycles. The average Bonchev–Trinajstić information content (AvgIpc) is 2.48. The molecule has 2 aromatic rings. The zero-order valence-corrected chi connectivity index (χ0v) is 16.1. The van der Waals surface area contributed by atoms with Gasteiger partial charge in [0.1, 0.15) is 12.4 Å². The first kappa shape index (κ1) is 18.5. The number of rotatable bonds is 5. The number of aryl methyl sites for hydroxylation is 1. The van der Waals surface area contributed by atoms with E-state index in [0.29, 0.717) is 6.61 Å². The number of benzene rings is 2. The molecule has 0 aliphatic rings. The molecule has 0 saturated heterocycles. The van der Waals surface area contributed by atoms with Crippen LogP contribution in [0, 0.1) is 6.92 Å². The summed E-state index contributed by atoms with van der Waals surface area (Å²) < 4.78 is 7.15. The van der Waals surface area contributed by atoms with Crippen LogP contribution in [0.1, 0.15) is 43.0 Å². The van der Waals surface area contributed by atoms with E-state index in [0.717, 1.165) is 32.5 Å². The van der Waals surface area contributed by atoms with Crippen molar-refractivity contribution in [3.63, 3.8) is 0 Å². The van der Waals surface area contributed by atoms with Crippen molar-refractivity contribution >= 4 is 21.9 Å². The first-order valence-electron chi connectivity index (χ1n) is 7.90. The summed E-state index contributed by atoms with van der Waals surface area (Å²) in [5, 5.41) is 8.81. The van der Waals surface area contributed by atoms with Crippen molar-refractivity contribution in [2.24, 2.45) is 0 Å². The third-order valence-corrected chi connectivity index (χ3v) is 4.70. The van der Waals surface area contributed by atoms with Crippen LogP contribution in [0.3, 0.4) is 0 Å². The Morgan fingerprint density at radius 2 is 1.71 bits per heavy atom. The molecule has 0 amide bonds. The van der Waals surface area contributed by atoms with Gasteiger partial charge in [0.05, 0.1) is 6.42 Å². The van der Waals surface area contributed by atoms with E-state index in [1.165, 1.54) is 0 Å². The van der Waals surface area contributed by atoms with Gasteiger partial charge in [0.15, 0.2) is 0 Å². The highest BCUT2D eigenvalue weighted by atomic mass is 79.9. The highest BCUT2D eigenvalue weighted by Crippen LogP contribution is 2.36. The van der Waals surface area contributed by atoms with E-state index in [-0.39, 0.29) is 11.8 Å². The molecular weight excluding hydrogens is 368 g/mol. The van der Waals surface area contributed by atoms with Gasteiger partial charge in [0.25, 0.3) is 0 Å². The Hall–Kier alpha value is -1.81. The van der Waals surface area contributed by atoms with Crippen molar-refractivity contribution in [3.8, 4) is 5.75 Å². The molecule has 0 bridgehead atoms. The van der Waals surface area contributed by atoms with Crippen LogP contribution in [-0.2, 0) is 23.2 Å². The molecule has 0 radical (unpaired) electrons. The Morgan fingerprint density at radius 1 is 1.12 bits per heavy atom. The number of hydrogen-bond donors (Lipinski definition) is 1. The molecule has 0 aromatic heterocycles. The molecule has 2 rings (SSSR count). The van der Waals surface area contributed by atoms with Crippen LogP contribution < -0.4 is 4.74 Å². The van der Waals surface area contributed by atoms with Gasteiger partial charge < -0.3 is 9.84 Å². The Kier molecular flexibility index (Phi) is 5.70. The normalized spacial score (nSPS) is 11.4. The summed E-state index contributed by atoms with van der Waals surface area (Å²) in [4.78, 5) is 10.7. The van der Waals surface area contributed by atoms with Crippen LogP contribution in [0.4, 0.5) is 0 Å². The van der Waals surface area contributed by atoms with Crippen LogP contribution in [-0.4, -0.2) is 11.1 Å². The minimum absolute atomic E-state index is 0.0170. The van der Waals surface area contributed by atoms with Crippen LogP contribution in [0.2, 0.25) is 0 Å². The molecule has 128 valence electrons. The molecule has 0 aliphatic carbocycles. The molecule has 3 nitrogen and oxygen atoms in total. The van der Waals surface area contributed by atoms with Crippen LogP contribution in [0.25, 0.3) is 0 Å². The average molecular weight is 391 g/mol. The summed E-state index contributed by atoms with van der Waals surface area (Å²) in [5.41, 5.74) is 4.08. The van der Waals surface area contributed by atoms with E-state index in [2.05, 4.69) is 48.8 Å². The van der Waals surface area contributed by atoms with E-state index in [1.807, 2.05) is 31.2 Å². The first-order chi connectivity index (χ1) is 11.2. The molecule has 0 heterocycles. The van der Waals surface area contributed by atoms with Crippen LogP contribution in [0.5, 0.6) is 5.75 Å². The molecular formula is C20H23BrO3. The Bertz CT molecular complexity index is 728. The maximum absolute atomic E-state index is 10.7. The molecule has 2 aromatic carbocycles. The monoisotopic (exact) mass is 390 g/mol. The molecule has 1 N–H and O–H groups in total. The number of carboxylic acids is 1. The second-order valence-electron chi connectivity index (χ2n) is 7.02. The number of hydrogen-bond acceptors (Lipinski definition) is 2. The van der Waals surface area contributed by atoms with E-state index in [4.69, 9.17) is 9.84 Å². The lowest BCUT2D eigenvalue weighted by molar-refractivity contribution is -0.136. The van der Waals surface area contributed by atoms with E-state index >= 15 is 0 Å². The fraction of sp³-hybridized carbons (Fsp3) is 0.350. The Labute approximate surface area is 151 Å². The number of carbonyl (C=O) groups is 1. The zero-order chi connectivity index (χ0) is 17.9. The second-order valence-corrected chi connectivity index (χ2v) is 7.88. The van der Waals surface area contributed by atoms with Crippen molar-refractivity contribution in [1.29, 1.82) is 0 Å². The van der Waals surface area contributed by atoms with Gasteiger partial charge in [0, 0.05) is 10.0 Å². The van der Waals surface area contributed by atoms with Gasteiger partial charge >= 0.3 is 5.97 Å². The predicted molar refractivity (Wildman–Crippen MR) is 99.7 cm³/mol. The molecule has 4 heteroatoms. The van der Waals surface area contributed by atoms with Gasteiger partial charge in [0.2, 0.25) is 0 Å². The van der Waals surface area contributed by atoms with E-state index in [9.17, 15) is 4.79 Å². The topological polar surface area (TPSA) is 46.5 Å². The van der Waals surface area contributed by atoms with Crippen molar-refractivity contribution in [2.45, 2.75) is 46.1 Å². The van der Waals surface area contributed by atoms with E-state index in [1.54, 1.807) is 0 Å². The summed E-state index contributed by atoms with van der Waals surface area (Å²) in [6.45, 7) is 8.99. The van der Waals surface area contributed by atoms with Gasteiger partial charge in [-0.3, -0.25) is 4.79 Å². The SMILES string of the molecule is Cc1cc(OCc2ccc(CC(=O)O)cc2)c(C(C)(C)C)cc1Br. The quantitative estimate of drug-likeness (QED) is 0.756. The second kappa shape index (κ2) is 7.39. The first-order valence-corrected chi connectivity index (χ1v) is 8.69. The molecule has 0 saturated carbocycles. The van der Waals surface area contributed by atoms with Gasteiger partial charge in [-0.1, -0.05) is 61.0 Å². The van der Waals surface area contributed by atoms with Gasteiger partial charge in [-0.15, -0.1) is 0 Å². The zero-order valence-electron chi connectivity index (χ0n) is 14.5. The lowest BCUT2D eigenvalue weighted by Crippen LogP contribution is -2.14. The summed E-state index contributed by atoms with van der Waals surface area (Å²) in [6, 6.07) is 11.7. The number of ether oxygens (including phenoxy) is 1. The highest BCUT2D eigenvalue weighted by Gasteiger charge is 2.20.